The maximum absolute atomic E-state index is 10.0. The van der Waals surface area contributed by atoms with Crippen molar-refractivity contribution in [3.63, 3.8) is 0 Å². The number of carbonyl (C=O) groups is 2. The maximum Gasteiger partial charge on any atom is 1.00 e. The molecule has 0 aliphatic rings. The van der Waals surface area contributed by atoms with Crippen LogP contribution < -0.4 is 0 Å². The van der Waals surface area contributed by atoms with Crippen LogP contribution in [-0.2, 0) is 58.2 Å². The van der Waals surface area contributed by atoms with Crippen molar-refractivity contribution in [2.75, 3.05) is 26.4 Å². The quantitative estimate of drug-likeness (QED) is 0.147. The average Bonchev–Trinajstić information content (AvgIpc) is 2.64. The van der Waals surface area contributed by atoms with Gasteiger partial charge in [-0.3, -0.25) is 9.59 Å². The first-order valence-corrected chi connectivity index (χ1v) is 11.1. The molecule has 6 nitrogen and oxygen atoms in total. The average molecular weight is 683 g/mol. The molecule has 0 amide bonds. The number of Topliss-reactive ketones (excluding diaryl/α,β-unsaturated/α-hetero) is 2. The monoisotopic (exact) mass is 680 g/mol. The van der Waals surface area contributed by atoms with Gasteiger partial charge in [0.05, 0.1) is 6.42 Å². The number of rotatable bonds is 10. The van der Waals surface area contributed by atoms with Crippen molar-refractivity contribution in [1.82, 2.24) is 0 Å². The first kappa shape index (κ1) is 55.2. The van der Waals surface area contributed by atoms with E-state index < -0.39 is 7.25 Å². The first-order valence-electron chi connectivity index (χ1n) is 11.1. The zero-order valence-electron chi connectivity index (χ0n) is 21.7. The van der Waals surface area contributed by atoms with Crippen molar-refractivity contribution >= 4 is 18.8 Å². The van der Waals surface area contributed by atoms with Gasteiger partial charge in [0.2, 0.25) is 0 Å². The van der Waals surface area contributed by atoms with E-state index in [4.69, 9.17) is 20.4 Å². The molecule has 214 valence electrons. The van der Waals surface area contributed by atoms with E-state index in [1.54, 1.807) is 0 Å². The van der Waals surface area contributed by atoms with Crippen LogP contribution in [0.15, 0.2) is 0 Å². The molecule has 4 N–H and O–H groups in total. The van der Waals surface area contributed by atoms with Crippen molar-refractivity contribution in [2.24, 2.45) is 0 Å². The molecule has 0 heterocycles. The molecular formula is C21H48AgBF4O6Zr. The van der Waals surface area contributed by atoms with Gasteiger partial charge in [0.1, 0.15) is 11.6 Å². The molecule has 0 saturated heterocycles. The smallest absolute Gasteiger partial charge is 0.418 e. The standard InChI is InChI=1S/C5H8O2.4C4H10O.Ag.BF4.Zr/c1-4(6)3-5(2)7;4*1-2-3-4-5;;2-1(3,4)5;/h3H2,1-2H3;4*5H,2-4H2,1H3;;;/q;;;;;+1;-1;. The number of hydrogen-bond acceptors (Lipinski definition) is 6. The summed E-state index contributed by atoms with van der Waals surface area (Å²) in [6.45, 7) is 12.4. The van der Waals surface area contributed by atoms with Gasteiger partial charge in [0, 0.05) is 52.6 Å². The van der Waals surface area contributed by atoms with Crippen molar-refractivity contribution in [1.29, 1.82) is 0 Å². The number of aliphatic hydroxyl groups excluding tert-OH is 4. The van der Waals surface area contributed by atoms with Gasteiger partial charge in [-0.2, -0.15) is 0 Å². The van der Waals surface area contributed by atoms with Gasteiger partial charge < -0.3 is 37.7 Å². The number of carbonyl (C=O) groups excluding carboxylic acids is 2. The van der Waals surface area contributed by atoms with Crippen molar-refractivity contribution in [2.45, 2.75) is 99.3 Å². The molecule has 0 aromatic carbocycles. The molecule has 13 heteroatoms. The zero-order chi connectivity index (χ0) is 26.8. The molecular weight excluding hydrogens is 634 g/mol. The second kappa shape index (κ2) is 54.5. The van der Waals surface area contributed by atoms with Gasteiger partial charge in [0.25, 0.3) is 0 Å². The Balaban J connectivity index is -0.0000000395. The van der Waals surface area contributed by atoms with Gasteiger partial charge in [-0.25, -0.2) is 0 Å². The molecule has 0 bridgehead atoms. The minimum atomic E-state index is -6.00. The molecule has 0 aliphatic carbocycles. The topological polar surface area (TPSA) is 115 Å². The predicted octanol–water partition coefficient (Wildman–Crippen LogP) is 4.96. The number of unbranched alkanes of at least 4 members (excludes halogenated alkanes) is 4. The molecule has 0 atom stereocenters. The van der Waals surface area contributed by atoms with Gasteiger partial charge in [-0.1, -0.05) is 53.4 Å². The Morgan fingerprint density at radius 2 is 0.735 bits per heavy atom. The van der Waals surface area contributed by atoms with Crippen LogP contribution in [-0.4, -0.2) is 65.7 Å². The number of halogens is 4. The second-order valence-corrected chi connectivity index (χ2v) is 6.38. The van der Waals surface area contributed by atoms with Gasteiger partial charge in [-0.15, -0.1) is 0 Å². The number of aliphatic hydroxyl groups is 4. The van der Waals surface area contributed by atoms with Crippen LogP contribution in [0, 0.1) is 0 Å². The fraction of sp³-hybridized carbons (Fsp3) is 0.905. The number of ketones is 2. The van der Waals surface area contributed by atoms with E-state index in [9.17, 15) is 26.9 Å². The third kappa shape index (κ3) is 205. The molecule has 0 spiro atoms. The van der Waals surface area contributed by atoms with E-state index in [1.165, 1.54) is 13.8 Å². The third-order valence-electron chi connectivity index (χ3n) is 2.54. The fourth-order valence-corrected chi connectivity index (χ4v) is 0.983. The Morgan fingerprint density at radius 1 is 0.588 bits per heavy atom. The van der Waals surface area contributed by atoms with Crippen LogP contribution in [0.1, 0.15) is 99.3 Å². The van der Waals surface area contributed by atoms with Crippen LogP contribution >= 0.6 is 0 Å². The normalized spacial score (nSPS) is 8.41. The summed E-state index contributed by atoms with van der Waals surface area (Å²) in [4.78, 5) is 20.1. The number of hydrogen-bond donors (Lipinski definition) is 4. The third-order valence-corrected chi connectivity index (χ3v) is 2.54. The van der Waals surface area contributed by atoms with Crippen LogP contribution in [0.4, 0.5) is 17.3 Å². The minimum absolute atomic E-state index is 0. The summed E-state index contributed by atoms with van der Waals surface area (Å²) in [5, 5.41) is 32.3. The van der Waals surface area contributed by atoms with Crippen LogP contribution in [0.2, 0.25) is 0 Å². The Bertz CT molecular complexity index is 297. The van der Waals surface area contributed by atoms with E-state index in [1.807, 2.05) is 0 Å². The molecule has 0 aliphatic heterocycles. The molecule has 0 radical (unpaired) electrons. The van der Waals surface area contributed by atoms with Gasteiger partial charge in [-0.05, 0) is 39.5 Å². The molecule has 34 heavy (non-hydrogen) atoms. The SMILES string of the molecule is CC(=O)CC(C)=O.CCCCO.CCCCO.CCCCO.CCCCO.F[B-](F)(F)F.[Ag+].[Zr]. The van der Waals surface area contributed by atoms with Gasteiger partial charge in [0.15, 0.2) is 0 Å². The van der Waals surface area contributed by atoms with E-state index in [-0.39, 0.29) is 66.6 Å². The Kier molecular flexibility index (Phi) is 88.4. The van der Waals surface area contributed by atoms with Crippen LogP contribution in [0.3, 0.4) is 0 Å². The van der Waals surface area contributed by atoms with Gasteiger partial charge >= 0.3 is 29.6 Å². The van der Waals surface area contributed by atoms with E-state index >= 15 is 0 Å². The van der Waals surface area contributed by atoms with E-state index in [0.29, 0.717) is 26.4 Å². The predicted molar refractivity (Wildman–Crippen MR) is 124 cm³/mol. The van der Waals surface area contributed by atoms with E-state index in [0.717, 1.165) is 51.4 Å². The van der Waals surface area contributed by atoms with Crippen LogP contribution in [0.25, 0.3) is 0 Å². The summed E-state index contributed by atoms with van der Waals surface area (Å²) in [7, 11) is -6.00. The van der Waals surface area contributed by atoms with Crippen molar-refractivity contribution in [3.05, 3.63) is 0 Å². The summed E-state index contributed by atoms with van der Waals surface area (Å²) >= 11 is 0. The molecule has 0 aromatic heterocycles. The molecule has 0 aromatic rings. The summed E-state index contributed by atoms with van der Waals surface area (Å²) in [5.74, 6) is -0.125. The molecule has 0 unspecified atom stereocenters. The van der Waals surface area contributed by atoms with E-state index in [2.05, 4.69) is 27.7 Å². The summed E-state index contributed by atoms with van der Waals surface area (Å²) < 4.78 is 39.0. The molecule has 0 saturated carbocycles. The minimum Gasteiger partial charge on any atom is -0.418 e. The summed E-state index contributed by atoms with van der Waals surface area (Å²) in [6, 6.07) is 0. The molecule has 0 fully saturated rings. The Morgan fingerprint density at radius 3 is 0.735 bits per heavy atom. The second-order valence-electron chi connectivity index (χ2n) is 6.38. The maximum atomic E-state index is 10.0. The zero-order valence-corrected chi connectivity index (χ0v) is 25.6. The van der Waals surface area contributed by atoms with Crippen molar-refractivity contribution < 1.29 is 95.9 Å². The largest absolute Gasteiger partial charge is 1.00 e. The molecule has 0 rings (SSSR count). The Hall–Kier alpha value is 0.588. The first-order chi connectivity index (χ1) is 14.8. The van der Waals surface area contributed by atoms with Crippen LogP contribution in [0.5, 0.6) is 0 Å². The fourth-order valence-electron chi connectivity index (χ4n) is 0.983. The summed E-state index contributed by atoms with van der Waals surface area (Å²) in [5.41, 5.74) is 0. The Labute approximate surface area is 239 Å². The van der Waals surface area contributed by atoms with Crippen molar-refractivity contribution in [3.8, 4) is 0 Å². The summed E-state index contributed by atoms with van der Waals surface area (Å²) in [6.07, 6.45) is 8.24.